The van der Waals surface area contributed by atoms with Gasteiger partial charge in [0.05, 0.1) is 11.4 Å². The normalized spacial score (nSPS) is 13.6. The molecule has 104 valence electrons. The molecule has 0 fully saturated rings. The van der Waals surface area contributed by atoms with Crippen LogP contribution in [0, 0.1) is 0 Å². The summed E-state index contributed by atoms with van der Waals surface area (Å²) in [6.45, 7) is 2.54. The third-order valence-electron chi connectivity index (χ3n) is 2.62. The summed E-state index contributed by atoms with van der Waals surface area (Å²) in [6.07, 6.45) is 4.87. The Hall–Kier alpha value is -1.64. The molecule has 2 aromatic heterocycles. The predicted molar refractivity (Wildman–Crippen MR) is 70.7 cm³/mol. The Bertz CT molecular complexity index is 617. The summed E-state index contributed by atoms with van der Waals surface area (Å²) in [6, 6.07) is 3.06. The van der Waals surface area contributed by atoms with Crippen LogP contribution in [0.5, 0.6) is 0 Å². The zero-order valence-corrected chi connectivity index (χ0v) is 11.4. The Morgan fingerprint density at radius 1 is 1.58 bits per heavy atom. The number of hydrogen-bond acceptors (Lipinski definition) is 4. The van der Waals surface area contributed by atoms with Crippen molar-refractivity contribution in [2.24, 2.45) is 5.73 Å². The van der Waals surface area contributed by atoms with E-state index in [0.29, 0.717) is 12.2 Å². The molecule has 0 spiro atoms. The molecule has 1 atom stereocenters. The molecule has 0 aromatic carbocycles. The summed E-state index contributed by atoms with van der Waals surface area (Å²) < 4.78 is 28.5. The van der Waals surface area contributed by atoms with Crippen LogP contribution in [-0.4, -0.2) is 29.2 Å². The number of nitrogens with zero attached hydrogens (tertiary/aromatic N) is 2. The molecule has 2 heterocycles. The lowest BCUT2D eigenvalue weighted by Gasteiger charge is -2.13. The van der Waals surface area contributed by atoms with Gasteiger partial charge in [-0.1, -0.05) is 0 Å². The zero-order chi connectivity index (χ0) is 13.9. The van der Waals surface area contributed by atoms with E-state index >= 15 is 0 Å². The minimum Gasteiger partial charge on any atom is -0.363 e. The summed E-state index contributed by atoms with van der Waals surface area (Å²) >= 11 is 0. The van der Waals surface area contributed by atoms with Gasteiger partial charge in [0.2, 0.25) is 10.0 Å². The molecule has 0 radical (unpaired) electrons. The van der Waals surface area contributed by atoms with Gasteiger partial charge in [-0.25, -0.2) is 13.1 Å². The van der Waals surface area contributed by atoms with E-state index in [9.17, 15) is 8.42 Å². The minimum atomic E-state index is -3.53. The predicted octanol–water partition coefficient (Wildman–Crippen LogP) is 0.0369. The van der Waals surface area contributed by atoms with Gasteiger partial charge in [0, 0.05) is 36.9 Å². The highest BCUT2D eigenvalue weighted by molar-refractivity contribution is 7.89. The number of aromatic nitrogens is 3. The summed E-state index contributed by atoms with van der Waals surface area (Å²) in [5, 5.41) is 4.04. The van der Waals surface area contributed by atoms with E-state index in [1.54, 1.807) is 30.1 Å². The van der Waals surface area contributed by atoms with E-state index in [0.717, 1.165) is 0 Å². The van der Waals surface area contributed by atoms with Crippen LogP contribution in [0.15, 0.2) is 35.6 Å². The third-order valence-corrected chi connectivity index (χ3v) is 4.19. The molecule has 0 saturated heterocycles. The van der Waals surface area contributed by atoms with Gasteiger partial charge in [-0.3, -0.25) is 4.68 Å². The fourth-order valence-corrected chi connectivity index (χ4v) is 3.00. The number of sulfonamides is 1. The summed E-state index contributed by atoms with van der Waals surface area (Å²) in [4.78, 5) is 3.01. The number of H-pyrrole nitrogens is 1. The fourth-order valence-electron chi connectivity index (χ4n) is 1.75. The van der Waals surface area contributed by atoms with E-state index in [1.807, 2.05) is 0 Å². The Kier molecular flexibility index (Phi) is 4.03. The molecule has 0 aliphatic rings. The molecular formula is C11H17N5O2S. The zero-order valence-electron chi connectivity index (χ0n) is 10.6. The summed E-state index contributed by atoms with van der Waals surface area (Å²) in [7, 11) is -3.53. The standard InChI is InChI=1S/C11H17N5O2S/c1-9(8-16-4-2-3-14-16)15-19(17,18)11-5-10(6-12)13-7-11/h2-5,7,9,13,15H,6,8,12H2,1H3. The van der Waals surface area contributed by atoms with Gasteiger partial charge in [0.1, 0.15) is 0 Å². The first-order valence-corrected chi connectivity index (χ1v) is 7.36. The van der Waals surface area contributed by atoms with E-state index in [1.165, 1.54) is 12.3 Å². The van der Waals surface area contributed by atoms with Crippen molar-refractivity contribution in [1.29, 1.82) is 0 Å². The quantitative estimate of drug-likeness (QED) is 0.695. The topological polar surface area (TPSA) is 106 Å². The van der Waals surface area contributed by atoms with Crippen LogP contribution in [0.25, 0.3) is 0 Å². The third kappa shape index (κ3) is 3.43. The lowest BCUT2D eigenvalue weighted by atomic mass is 10.4. The maximum atomic E-state index is 12.1. The smallest absolute Gasteiger partial charge is 0.242 e. The van der Waals surface area contributed by atoms with Crippen LogP contribution < -0.4 is 10.5 Å². The molecule has 2 aromatic rings. The summed E-state index contributed by atoms with van der Waals surface area (Å²) in [5.41, 5.74) is 6.12. The largest absolute Gasteiger partial charge is 0.363 e. The van der Waals surface area contributed by atoms with Crippen molar-refractivity contribution >= 4 is 10.0 Å². The molecule has 8 heteroatoms. The molecule has 1 unspecified atom stereocenters. The number of aromatic amines is 1. The molecule has 0 amide bonds. The highest BCUT2D eigenvalue weighted by Crippen LogP contribution is 2.11. The van der Waals surface area contributed by atoms with Crippen LogP contribution in [0.2, 0.25) is 0 Å². The molecule has 2 rings (SSSR count). The van der Waals surface area contributed by atoms with Crippen LogP contribution in [0.3, 0.4) is 0 Å². The molecule has 0 aliphatic carbocycles. The Balaban J connectivity index is 2.04. The van der Waals surface area contributed by atoms with Crippen molar-refractivity contribution in [3.8, 4) is 0 Å². The Morgan fingerprint density at radius 2 is 2.37 bits per heavy atom. The van der Waals surface area contributed by atoms with Gasteiger partial charge in [-0.05, 0) is 19.1 Å². The number of hydrogen-bond donors (Lipinski definition) is 3. The SMILES string of the molecule is CC(Cn1cccn1)NS(=O)(=O)c1c[nH]c(CN)c1. The van der Waals surface area contributed by atoms with Crippen LogP contribution >= 0.6 is 0 Å². The Labute approximate surface area is 111 Å². The van der Waals surface area contributed by atoms with Gasteiger partial charge in [-0.15, -0.1) is 0 Å². The number of rotatable bonds is 6. The van der Waals surface area contributed by atoms with Crippen LogP contribution in [-0.2, 0) is 23.1 Å². The average molecular weight is 283 g/mol. The van der Waals surface area contributed by atoms with Crippen LogP contribution in [0.1, 0.15) is 12.6 Å². The summed E-state index contributed by atoms with van der Waals surface area (Å²) in [5.74, 6) is 0. The molecule has 4 N–H and O–H groups in total. The van der Waals surface area contributed by atoms with Gasteiger partial charge in [-0.2, -0.15) is 5.10 Å². The Morgan fingerprint density at radius 3 is 2.95 bits per heavy atom. The first kappa shape index (κ1) is 13.8. The first-order chi connectivity index (χ1) is 9.01. The maximum absolute atomic E-state index is 12.1. The lowest BCUT2D eigenvalue weighted by Crippen LogP contribution is -2.35. The molecule has 0 saturated carbocycles. The average Bonchev–Trinajstić information content (AvgIpc) is 2.97. The maximum Gasteiger partial charge on any atom is 0.242 e. The van der Waals surface area contributed by atoms with Crippen molar-refractivity contribution in [2.45, 2.75) is 31.0 Å². The first-order valence-electron chi connectivity index (χ1n) is 5.88. The molecule has 0 aliphatic heterocycles. The van der Waals surface area contributed by atoms with Crippen molar-refractivity contribution in [1.82, 2.24) is 19.5 Å². The highest BCUT2D eigenvalue weighted by Gasteiger charge is 2.19. The molecule has 7 nitrogen and oxygen atoms in total. The number of nitrogens with one attached hydrogen (secondary N) is 2. The van der Waals surface area contributed by atoms with Gasteiger partial charge in [0.15, 0.2) is 0 Å². The van der Waals surface area contributed by atoms with Gasteiger partial charge < -0.3 is 10.7 Å². The molecule has 0 bridgehead atoms. The second-order valence-corrected chi connectivity index (χ2v) is 6.03. The van der Waals surface area contributed by atoms with Crippen LogP contribution in [0.4, 0.5) is 0 Å². The van der Waals surface area contributed by atoms with Crippen molar-refractivity contribution in [3.05, 3.63) is 36.4 Å². The second-order valence-electron chi connectivity index (χ2n) is 4.32. The minimum absolute atomic E-state index is 0.195. The lowest BCUT2D eigenvalue weighted by molar-refractivity contribution is 0.494. The van der Waals surface area contributed by atoms with E-state index < -0.39 is 10.0 Å². The highest BCUT2D eigenvalue weighted by atomic mass is 32.2. The number of nitrogens with two attached hydrogens (primary N) is 1. The molecular weight excluding hydrogens is 266 g/mol. The van der Waals surface area contributed by atoms with E-state index in [2.05, 4.69) is 14.8 Å². The second kappa shape index (κ2) is 5.55. The van der Waals surface area contributed by atoms with E-state index in [-0.39, 0.29) is 17.5 Å². The van der Waals surface area contributed by atoms with Crippen molar-refractivity contribution in [2.75, 3.05) is 0 Å². The molecule has 19 heavy (non-hydrogen) atoms. The van der Waals surface area contributed by atoms with Crippen molar-refractivity contribution in [3.63, 3.8) is 0 Å². The van der Waals surface area contributed by atoms with Gasteiger partial charge in [0.25, 0.3) is 0 Å². The van der Waals surface area contributed by atoms with Gasteiger partial charge >= 0.3 is 0 Å². The fraction of sp³-hybridized carbons (Fsp3) is 0.364. The van der Waals surface area contributed by atoms with E-state index in [4.69, 9.17) is 5.73 Å². The van der Waals surface area contributed by atoms with Crippen molar-refractivity contribution < 1.29 is 8.42 Å². The monoisotopic (exact) mass is 283 g/mol.